The summed E-state index contributed by atoms with van der Waals surface area (Å²) in [5.74, 6) is 0. The van der Waals surface area contributed by atoms with Gasteiger partial charge in [0.15, 0.2) is 0 Å². The van der Waals surface area contributed by atoms with Crippen LogP contribution in [0.5, 0.6) is 0 Å². The van der Waals surface area contributed by atoms with Gasteiger partial charge in [0.1, 0.15) is 0 Å². The van der Waals surface area contributed by atoms with Gasteiger partial charge in [0.2, 0.25) is 0 Å². The lowest BCUT2D eigenvalue weighted by Crippen LogP contribution is -2.17. The summed E-state index contributed by atoms with van der Waals surface area (Å²) in [6.07, 6.45) is 0. The van der Waals surface area contributed by atoms with E-state index in [0.29, 0.717) is 0 Å². The average molecular weight is 935 g/mol. The number of hydrogen-bond donors (Lipinski definition) is 0. The van der Waals surface area contributed by atoms with Crippen LogP contribution in [0.3, 0.4) is 0 Å². The highest BCUT2D eigenvalue weighted by molar-refractivity contribution is 14.2. The number of anilines is 3. The molecule has 0 fully saturated rings. The zero-order valence-corrected chi connectivity index (χ0v) is 39.5. The van der Waals surface area contributed by atoms with Crippen LogP contribution in [0.25, 0.3) is 71.3 Å². The van der Waals surface area contributed by atoms with Crippen molar-refractivity contribution in [2.45, 2.75) is 58.8 Å². The van der Waals surface area contributed by atoms with Gasteiger partial charge < -0.3 is 9.47 Å². The average Bonchev–Trinajstić information content (AvgIpc) is 3.77. The maximum absolute atomic E-state index is 2.49. The minimum Gasteiger partial charge on any atom is -0.309 e. The van der Waals surface area contributed by atoms with Gasteiger partial charge in [-0.15, -0.1) is 0 Å². The zero-order valence-electron chi connectivity index (χ0n) is 36.5. The quantitative estimate of drug-likeness (QED) is 0.154. The Hall–Kier alpha value is -5.82. The van der Waals surface area contributed by atoms with Crippen molar-refractivity contribution in [1.29, 1.82) is 0 Å². The van der Waals surface area contributed by atoms with E-state index in [-0.39, 0.29) is 5.41 Å². The first-order valence-corrected chi connectivity index (χ1v) is 25.2. The molecule has 0 saturated carbocycles. The fourth-order valence-corrected chi connectivity index (χ4v) is 10.7. The van der Waals surface area contributed by atoms with Crippen molar-refractivity contribution in [2.24, 2.45) is 0 Å². The predicted octanol–water partition coefficient (Wildman–Crippen LogP) is 18.3. The summed E-state index contributed by atoms with van der Waals surface area (Å²) < 4.78 is 2.47. The van der Waals surface area contributed by atoms with E-state index in [1.807, 2.05) is 27.7 Å². The van der Waals surface area contributed by atoms with Gasteiger partial charge >= 0.3 is 0 Å². The molecule has 0 bridgehead atoms. The first kappa shape index (κ1) is 41.5. The fraction of sp³-hybridized carbons (Fsp3) is 0.138. The van der Waals surface area contributed by atoms with Crippen LogP contribution in [0.2, 0.25) is 0 Å². The number of hydrogen-bond acceptors (Lipinski definition) is 2. The van der Waals surface area contributed by atoms with Crippen LogP contribution in [0.15, 0.2) is 187 Å². The monoisotopic (exact) mass is 934 g/mol. The Morgan fingerprint density at radius 3 is 1.89 bits per heavy atom. The first-order chi connectivity index (χ1) is 30.4. The Kier molecular flexibility index (Phi) is 11.5. The Morgan fingerprint density at radius 1 is 0.500 bits per heavy atom. The molecule has 9 aromatic carbocycles. The van der Waals surface area contributed by atoms with Crippen LogP contribution in [-0.2, 0) is 5.41 Å². The molecule has 0 atom stereocenters. The highest BCUT2D eigenvalue weighted by atomic mass is 127. The van der Waals surface area contributed by atoms with Crippen molar-refractivity contribution in [3.8, 4) is 27.9 Å². The van der Waals surface area contributed by atoms with Gasteiger partial charge in [-0.1, -0.05) is 165 Å². The van der Waals surface area contributed by atoms with Gasteiger partial charge in [0.05, 0.1) is 22.4 Å². The minimum atomic E-state index is -0.262. The number of halogens is 1. The summed E-state index contributed by atoms with van der Waals surface area (Å²) in [4.78, 5) is 3.73. The SMILES string of the molecule is CC.CC.Cc1ccc2c(c1)c1cc(-c3ccccc3)ccc1n2-c1ccc2c(c1)C(C)(C)c1cc(N(c3ccc(SI)cc3)c3cccc4ccccc34)c3ccccc3c1-2. The van der Waals surface area contributed by atoms with E-state index in [1.165, 1.54) is 104 Å². The molecule has 62 heavy (non-hydrogen) atoms. The largest absolute Gasteiger partial charge is 0.309 e. The van der Waals surface area contributed by atoms with Crippen LogP contribution in [0, 0.1) is 6.92 Å². The normalized spacial score (nSPS) is 12.4. The Morgan fingerprint density at radius 2 is 1.15 bits per heavy atom. The Balaban J connectivity index is 0.00000119. The van der Waals surface area contributed by atoms with E-state index in [4.69, 9.17) is 0 Å². The molecule has 1 aliphatic carbocycles. The van der Waals surface area contributed by atoms with Gasteiger partial charge in [-0.05, 0) is 124 Å². The number of aromatic nitrogens is 1. The number of aryl methyl sites for hydroxylation is 1. The van der Waals surface area contributed by atoms with Crippen molar-refractivity contribution in [2.75, 3.05) is 4.90 Å². The number of benzene rings is 9. The van der Waals surface area contributed by atoms with E-state index < -0.39 is 0 Å². The molecule has 4 heteroatoms. The first-order valence-electron chi connectivity index (χ1n) is 21.9. The molecule has 2 nitrogen and oxygen atoms in total. The Bertz CT molecular complexity index is 3250. The molecule has 1 aliphatic rings. The second kappa shape index (κ2) is 17.2. The summed E-state index contributed by atoms with van der Waals surface area (Å²) in [7, 11) is 1.75. The molecule has 1 heterocycles. The molecule has 0 saturated heterocycles. The molecule has 0 N–H and O–H groups in total. The fourth-order valence-electron chi connectivity index (χ4n) is 9.56. The summed E-state index contributed by atoms with van der Waals surface area (Å²) in [6, 6.07) is 67.7. The molecule has 306 valence electrons. The predicted molar refractivity (Wildman–Crippen MR) is 281 cm³/mol. The maximum Gasteiger partial charge on any atom is 0.0543 e. The van der Waals surface area contributed by atoms with E-state index in [1.54, 1.807) is 8.93 Å². The molecule has 0 spiro atoms. The third kappa shape index (κ3) is 6.89. The summed E-state index contributed by atoms with van der Waals surface area (Å²) in [5, 5.41) is 7.53. The van der Waals surface area contributed by atoms with Crippen molar-refractivity contribution in [3.63, 3.8) is 0 Å². The molecule has 0 amide bonds. The van der Waals surface area contributed by atoms with Gasteiger partial charge in [-0.25, -0.2) is 0 Å². The molecule has 10 aromatic rings. The molecule has 1 aromatic heterocycles. The second-order valence-corrected chi connectivity index (χ2v) is 18.0. The smallest absolute Gasteiger partial charge is 0.0543 e. The van der Waals surface area contributed by atoms with E-state index in [2.05, 4.69) is 233 Å². The minimum absolute atomic E-state index is 0.262. The Labute approximate surface area is 382 Å². The van der Waals surface area contributed by atoms with Crippen LogP contribution in [0.4, 0.5) is 17.1 Å². The van der Waals surface area contributed by atoms with Crippen LogP contribution in [0.1, 0.15) is 58.2 Å². The van der Waals surface area contributed by atoms with Crippen LogP contribution >= 0.6 is 30.1 Å². The zero-order chi connectivity index (χ0) is 43.1. The van der Waals surface area contributed by atoms with E-state index in [9.17, 15) is 0 Å². The van der Waals surface area contributed by atoms with Crippen molar-refractivity contribution in [1.82, 2.24) is 4.57 Å². The summed E-state index contributed by atoms with van der Waals surface area (Å²) >= 11 is 2.37. The third-order valence-electron chi connectivity index (χ3n) is 12.4. The lowest BCUT2D eigenvalue weighted by molar-refractivity contribution is 0.660. The molecular formula is C58H51IN2S. The molecule has 0 unspecified atom stereocenters. The van der Waals surface area contributed by atoms with Crippen molar-refractivity contribution in [3.05, 3.63) is 199 Å². The highest BCUT2D eigenvalue weighted by Gasteiger charge is 2.38. The third-order valence-corrected chi connectivity index (χ3v) is 14.3. The van der Waals surface area contributed by atoms with Crippen molar-refractivity contribution < 1.29 is 0 Å². The summed E-state index contributed by atoms with van der Waals surface area (Å²) in [5.41, 5.74) is 16.0. The van der Waals surface area contributed by atoms with Gasteiger partial charge in [0, 0.05) is 64.4 Å². The topological polar surface area (TPSA) is 8.17 Å². The molecular weight excluding hydrogens is 884 g/mol. The number of rotatable bonds is 6. The summed E-state index contributed by atoms with van der Waals surface area (Å²) in [6.45, 7) is 15.0. The molecule has 0 radical (unpaired) electrons. The maximum atomic E-state index is 2.49. The number of fused-ring (bicyclic) bond motifs is 9. The van der Waals surface area contributed by atoms with Crippen molar-refractivity contribution >= 4 is 90.6 Å². The lowest BCUT2D eigenvalue weighted by atomic mass is 9.81. The van der Waals surface area contributed by atoms with Gasteiger partial charge in [-0.3, -0.25) is 0 Å². The highest BCUT2D eigenvalue weighted by Crippen LogP contribution is 2.55. The molecule has 11 rings (SSSR count). The second-order valence-electron chi connectivity index (χ2n) is 16.1. The van der Waals surface area contributed by atoms with Gasteiger partial charge in [-0.2, -0.15) is 0 Å². The standard InChI is InChI=1S/C54H39IN2S.2C2H6/c1-34-20-28-50-45(30-34)46-31-37(35-12-5-4-6-13-35)21-29-51(46)57(50)39-24-27-44-47(32-39)54(2,3)48-33-52(42-17-9-10-18-43(42)53(44)48)56(38-22-25-40(58-55)26-23-38)49-19-11-15-36-14-7-8-16-41(36)49;2*1-2/h4-33H,1-3H3;2*1-2H3. The van der Waals surface area contributed by atoms with E-state index >= 15 is 0 Å². The number of nitrogens with zero attached hydrogens (tertiary/aromatic N) is 2. The molecule has 0 aliphatic heterocycles. The van der Waals surface area contributed by atoms with Crippen LogP contribution in [-0.4, -0.2) is 4.57 Å². The van der Waals surface area contributed by atoms with E-state index in [0.717, 1.165) is 5.69 Å². The lowest BCUT2D eigenvalue weighted by Gasteiger charge is -2.30. The van der Waals surface area contributed by atoms with Gasteiger partial charge in [0.25, 0.3) is 0 Å². The van der Waals surface area contributed by atoms with Crippen LogP contribution < -0.4 is 4.90 Å².